The quantitative estimate of drug-likeness (QED) is 0.539. The van der Waals surface area contributed by atoms with Gasteiger partial charge in [-0.2, -0.15) is 0 Å². The average molecular weight is 356 g/mol. The van der Waals surface area contributed by atoms with Gasteiger partial charge in [-0.05, 0) is 30.7 Å². The first-order chi connectivity index (χ1) is 13.2. The lowest BCUT2D eigenvalue weighted by molar-refractivity contribution is 0.876. The third kappa shape index (κ3) is 2.60. The van der Waals surface area contributed by atoms with Crippen molar-refractivity contribution in [1.82, 2.24) is 29.0 Å². The molecule has 0 spiro atoms. The van der Waals surface area contributed by atoms with Gasteiger partial charge in [-0.3, -0.25) is 14.9 Å². The number of H-pyrrole nitrogens is 1. The molecule has 5 rings (SSSR count). The summed E-state index contributed by atoms with van der Waals surface area (Å²) < 4.78 is 3.49. The third-order valence-corrected chi connectivity index (χ3v) is 4.65. The number of aromatic amines is 1. The highest BCUT2D eigenvalue weighted by molar-refractivity contribution is 5.63. The van der Waals surface area contributed by atoms with Crippen molar-refractivity contribution in [3.63, 3.8) is 0 Å². The summed E-state index contributed by atoms with van der Waals surface area (Å²) in [4.78, 5) is 25.8. The molecule has 132 valence electrons. The maximum Gasteiger partial charge on any atom is 0.272 e. The molecule has 1 N–H and O–H groups in total. The number of hydrogen-bond acceptors (Lipinski definition) is 4. The second-order valence-corrected chi connectivity index (χ2v) is 6.50. The summed E-state index contributed by atoms with van der Waals surface area (Å²) in [5.74, 6) is 0. The van der Waals surface area contributed by atoms with Gasteiger partial charge in [0.25, 0.3) is 5.56 Å². The topological polar surface area (TPSA) is 80.4 Å². The van der Waals surface area contributed by atoms with Crippen molar-refractivity contribution in [3.8, 4) is 11.3 Å². The number of aromatic nitrogens is 6. The third-order valence-electron chi connectivity index (χ3n) is 4.65. The van der Waals surface area contributed by atoms with Crippen LogP contribution in [0, 0.1) is 6.92 Å². The Morgan fingerprint density at radius 1 is 1.15 bits per heavy atom. The van der Waals surface area contributed by atoms with E-state index >= 15 is 0 Å². The molecule has 5 aromatic rings. The summed E-state index contributed by atoms with van der Waals surface area (Å²) in [6, 6.07) is 11.2. The molecule has 0 fully saturated rings. The van der Waals surface area contributed by atoms with Gasteiger partial charge in [0.05, 0.1) is 11.4 Å². The van der Waals surface area contributed by atoms with Gasteiger partial charge in [-0.15, -0.1) is 0 Å². The first-order valence-electron chi connectivity index (χ1n) is 8.63. The highest BCUT2D eigenvalue weighted by Gasteiger charge is 2.11. The summed E-state index contributed by atoms with van der Waals surface area (Å²) in [5.41, 5.74) is 5.88. The maximum absolute atomic E-state index is 12.5. The molecule has 5 aromatic heterocycles. The molecule has 0 saturated heterocycles. The zero-order valence-electron chi connectivity index (χ0n) is 14.6. The van der Waals surface area contributed by atoms with E-state index in [-0.39, 0.29) is 5.56 Å². The van der Waals surface area contributed by atoms with E-state index in [1.54, 1.807) is 18.5 Å². The van der Waals surface area contributed by atoms with E-state index in [0.29, 0.717) is 17.8 Å². The summed E-state index contributed by atoms with van der Waals surface area (Å²) in [6.07, 6.45) is 7.81. The van der Waals surface area contributed by atoms with Crippen LogP contribution in [0.1, 0.15) is 17.0 Å². The van der Waals surface area contributed by atoms with Crippen molar-refractivity contribution in [2.45, 2.75) is 13.3 Å². The summed E-state index contributed by atoms with van der Waals surface area (Å²) >= 11 is 0. The standard InChI is InChI=1S/C20H16N6O/c1-13-4-3-7-25-16(12-22-20(13)25)8-15-9-19(27)26-18(23-15)10-17(24-26)14-5-2-6-21-11-14/h2-7,9-12,24H,8H2,1H3. The number of pyridine rings is 2. The molecule has 7 nitrogen and oxygen atoms in total. The molecule has 0 unspecified atom stereocenters. The van der Waals surface area contributed by atoms with Crippen LogP contribution in [0.4, 0.5) is 0 Å². The number of imidazole rings is 1. The van der Waals surface area contributed by atoms with E-state index in [2.05, 4.69) is 20.1 Å². The Morgan fingerprint density at radius 2 is 2.07 bits per heavy atom. The van der Waals surface area contributed by atoms with Crippen LogP contribution in [-0.2, 0) is 6.42 Å². The zero-order valence-corrected chi connectivity index (χ0v) is 14.6. The van der Waals surface area contributed by atoms with E-state index in [0.717, 1.165) is 28.2 Å². The summed E-state index contributed by atoms with van der Waals surface area (Å²) in [7, 11) is 0. The largest absolute Gasteiger partial charge is 0.303 e. The zero-order chi connectivity index (χ0) is 18.4. The van der Waals surface area contributed by atoms with Crippen LogP contribution in [0.25, 0.3) is 22.6 Å². The Balaban J connectivity index is 1.58. The van der Waals surface area contributed by atoms with Crippen LogP contribution in [0.3, 0.4) is 0 Å². The van der Waals surface area contributed by atoms with Crippen LogP contribution >= 0.6 is 0 Å². The van der Waals surface area contributed by atoms with Crippen molar-refractivity contribution < 1.29 is 0 Å². The minimum atomic E-state index is -0.143. The van der Waals surface area contributed by atoms with E-state index in [4.69, 9.17) is 0 Å². The minimum Gasteiger partial charge on any atom is -0.303 e. The second-order valence-electron chi connectivity index (χ2n) is 6.50. The number of rotatable bonds is 3. The van der Waals surface area contributed by atoms with Gasteiger partial charge in [0.15, 0.2) is 5.65 Å². The Labute approximate surface area is 154 Å². The SMILES string of the molecule is Cc1cccn2c(Cc3cc(=O)n4[nH]c(-c5cccnc5)cc4n3)cnc12. The fraction of sp³-hybridized carbons (Fsp3) is 0.100. The minimum absolute atomic E-state index is 0.143. The highest BCUT2D eigenvalue weighted by Crippen LogP contribution is 2.18. The van der Waals surface area contributed by atoms with E-state index in [1.165, 1.54) is 4.52 Å². The fourth-order valence-electron chi connectivity index (χ4n) is 3.32. The van der Waals surface area contributed by atoms with E-state index in [9.17, 15) is 4.79 Å². The van der Waals surface area contributed by atoms with Crippen LogP contribution in [0.5, 0.6) is 0 Å². The molecule has 0 radical (unpaired) electrons. The van der Waals surface area contributed by atoms with Crippen LogP contribution in [0.15, 0.2) is 66.0 Å². The number of nitrogens with one attached hydrogen (secondary N) is 1. The van der Waals surface area contributed by atoms with Gasteiger partial charge in [-0.25, -0.2) is 14.5 Å². The van der Waals surface area contributed by atoms with Crippen LogP contribution < -0.4 is 5.56 Å². The van der Waals surface area contributed by atoms with Crippen LogP contribution in [-0.4, -0.2) is 29.0 Å². The molecule has 27 heavy (non-hydrogen) atoms. The lowest BCUT2D eigenvalue weighted by Gasteiger charge is -2.03. The Bertz CT molecular complexity index is 1330. The van der Waals surface area contributed by atoms with Crippen molar-refractivity contribution >= 4 is 11.3 Å². The highest BCUT2D eigenvalue weighted by atomic mass is 16.1. The number of hydrogen-bond donors (Lipinski definition) is 1. The summed E-state index contributed by atoms with van der Waals surface area (Å²) in [5, 5.41) is 3.09. The molecular weight excluding hydrogens is 340 g/mol. The van der Waals surface area contributed by atoms with Gasteiger partial charge in [0.2, 0.25) is 0 Å². The molecule has 0 aliphatic heterocycles. The lowest BCUT2D eigenvalue weighted by atomic mass is 10.2. The molecule has 0 saturated carbocycles. The number of nitrogens with zero attached hydrogens (tertiary/aromatic N) is 5. The second kappa shape index (κ2) is 5.91. The molecule has 0 atom stereocenters. The molecule has 5 heterocycles. The van der Waals surface area contributed by atoms with Crippen molar-refractivity contribution in [3.05, 3.63) is 88.5 Å². The van der Waals surface area contributed by atoms with Gasteiger partial charge >= 0.3 is 0 Å². The molecule has 0 bridgehead atoms. The average Bonchev–Trinajstić information content (AvgIpc) is 3.28. The molecule has 0 amide bonds. The van der Waals surface area contributed by atoms with Gasteiger partial charge in [0, 0.05) is 54.6 Å². The molecule has 0 aliphatic carbocycles. The van der Waals surface area contributed by atoms with Crippen LogP contribution in [0.2, 0.25) is 0 Å². The predicted molar refractivity (Wildman–Crippen MR) is 102 cm³/mol. The molecule has 7 heteroatoms. The van der Waals surface area contributed by atoms with E-state index in [1.807, 2.05) is 54.0 Å². The molecule has 0 aliphatic rings. The first-order valence-corrected chi connectivity index (χ1v) is 8.63. The van der Waals surface area contributed by atoms with E-state index < -0.39 is 0 Å². The van der Waals surface area contributed by atoms with Gasteiger partial charge in [-0.1, -0.05) is 6.07 Å². The van der Waals surface area contributed by atoms with Crippen molar-refractivity contribution in [2.75, 3.05) is 0 Å². The van der Waals surface area contributed by atoms with Gasteiger partial charge in [0.1, 0.15) is 5.65 Å². The smallest absolute Gasteiger partial charge is 0.272 e. The summed E-state index contributed by atoms with van der Waals surface area (Å²) in [6.45, 7) is 2.03. The number of aryl methyl sites for hydroxylation is 1. The van der Waals surface area contributed by atoms with Gasteiger partial charge < -0.3 is 4.40 Å². The Kier molecular flexibility index (Phi) is 3.39. The lowest BCUT2D eigenvalue weighted by Crippen LogP contribution is -2.15. The Hall–Kier alpha value is -3.74. The number of fused-ring (bicyclic) bond motifs is 2. The molecular formula is C20H16N6O. The molecule has 0 aromatic carbocycles. The van der Waals surface area contributed by atoms with Crippen molar-refractivity contribution in [2.24, 2.45) is 0 Å². The monoisotopic (exact) mass is 356 g/mol. The van der Waals surface area contributed by atoms with Crippen molar-refractivity contribution in [1.29, 1.82) is 0 Å². The fourth-order valence-corrected chi connectivity index (χ4v) is 3.32. The maximum atomic E-state index is 12.5. The normalized spacial score (nSPS) is 11.4. The Morgan fingerprint density at radius 3 is 2.93 bits per heavy atom. The first kappa shape index (κ1) is 15.5. The predicted octanol–water partition coefficient (Wildman–Crippen LogP) is 2.63.